The molecule has 2 nitrogen and oxygen atoms in total. The SMILES string of the molecule is [Br-].c1cocn1. The highest BCUT2D eigenvalue weighted by atomic mass is 79.9. The van der Waals surface area contributed by atoms with Crippen LogP contribution in [0.1, 0.15) is 0 Å². The normalized spacial score (nSPS) is 6.67. The van der Waals surface area contributed by atoms with Crippen LogP contribution in [0.4, 0.5) is 0 Å². The van der Waals surface area contributed by atoms with E-state index in [4.69, 9.17) is 0 Å². The first-order valence-corrected chi connectivity index (χ1v) is 1.32. The molecule has 0 aliphatic carbocycles. The fourth-order valence-corrected chi connectivity index (χ4v) is 0.176. The van der Waals surface area contributed by atoms with Crippen molar-refractivity contribution in [1.29, 1.82) is 0 Å². The topological polar surface area (TPSA) is 26.0 Å². The molecular weight excluding hydrogens is 146 g/mol. The molecule has 0 aromatic carbocycles. The second-order valence-electron chi connectivity index (χ2n) is 0.676. The van der Waals surface area contributed by atoms with Gasteiger partial charge in [0.25, 0.3) is 0 Å². The molecule has 0 N–H and O–H groups in total. The van der Waals surface area contributed by atoms with E-state index in [9.17, 15) is 0 Å². The summed E-state index contributed by atoms with van der Waals surface area (Å²) in [6.07, 6.45) is 4.47. The van der Waals surface area contributed by atoms with E-state index in [-0.39, 0.29) is 17.0 Å². The van der Waals surface area contributed by atoms with Gasteiger partial charge in [-0.25, -0.2) is 4.98 Å². The summed E-state index contributed by atoms with van der Waals surface area (Å²) in [5.41, 5.74) is 0. The first-order chi connectivity index (χ1) is 2.50. The number of rotatable bonds is 0. The molecule has 0 saturated carbocycles. The van der Waals surface area contributed by atoms with E-state index >= 15 is 0 Å². The molecule has 0 radical (unpaired) electrons. The molecule has 0 atom stereocenters. The fraction of sp³-hybridized carbons (Fsp3) is 0. The second kappa shape index (κ2) is 2.90. The Labute approximate surface area is 46.0 Å². The van der Waals surface area contributed by atoms with Crippen molar-refractivity contribution < 1.29 is 21.4 Å². The van der Waals surface area contributed by atoms with E-state index in [1.54, 1.807) is 6.20 Å². The summed E-state index contributed by atoms with van der Waals surface area (Å²) < 4.78 is 4.47. The Hall–Kier alpha value is -0.310. The Morgan fingerprint density at radius 1 is 1.50 bits per heavy atom. The molecular formula is C3H3BrNO-. The van der Waals surface area contributed by atoms with Gasteiger partial charge in [-0.05, 0) is 0 Å². The van der Waals surface area contributed by atoms with E-state index in [0.717, 1.165) is 0 Å². The Morgan fingerprint density at radius 2 is 2.33 bits per heavy atom. The van der Waals surface area contributed by atoms with Crippen LogP contribution in [0.3, 0.4) is 0 Å². The number of hydrogen-bond acceptors (Lipinski definition) is 2. The quantitative estimate of drug-likeness (QED) is 0.413. The lowest BCUT2D eigenvalue weighted by Crippen LogP contribution is -3.00. The maximum Gasteiger partial charge on any atom is 0.180 e. The van der Waals surface area contributed by atoms with Crippen LogP contribution in [0.5, 0.6) is 0 Å². The van der Waals surface area contributed by atoms with Crippen molar-refractivity contribution in [2.45, 2.75) is 0 Å². The number of nitrogens with zero attached hydrogens (tertiary/aromatic N) is 1. The van der Waals surface area contributed by atoms with Gasteiger partial charge in [0.15, 0.2) is 6.39 Å². The van der Waals surface area contributed by atoms with Crippen LogP contribution in [0.2, 0.25) is 0 Å². The number of halogens is 1. The monoisotopic (exact) mass is 148 g/mol. The lowest BCUT2D eigenvalue weighted by atomic mass is 11.0. The summed E-state index contributed by atoms with van der Waals surface area (Å²) in [6.45, 7) is 0. The van der Waals surface area contributed by atoms with Crippen LogP contribution in [0.25, 0.3) is 0 Å². The van der Waals surface area contributed by atoms with Crippen molar-refractivity contribution in [3.63, 3.8) is 0 Å². The Bertz CT molecular complexity index is 67.3. The third kappa shape index (κ3) is 1.21. The highest BCUT2D eigenvalue weighted by Gasteiger charge is 1.59. The summed E-state index contributed by atoms with van der Waals surface area (Å²) in [5, 5.41) is 0. The summed E-state index contributed by atoms with van der Waals surface area (Å²) in [6, 6.07) is 0. The molecule has 0 aliphatic heterocycles. The molecule has 1 aromatic rings. The van der Waals surface area contributed by atoms with Crippen LogP contribution in [0, 0.1) is 0 Å². The minimum atomic E-state index is 0. The van der Waals surface area contributed by atoms with E-state index in [0.29, 0.717) is 0 Å². The molecule has 34 valence electrons. The van der Waals surface area contributed by atoms with Crippen LogP contribution < -0.4 is 17.0 Å². The average molecular weight is 149 g/mol. The zero-order valence-corrected chi connectivity index (χ0v) is 4.55. The highest BCUT2D eigenvalue weighted by Crippen LogP contribution is 1.72. The average Bonchev–Trinajstić information content (AvgIpc) is 1.76. The minimum absolute atomic E-state index is 0. The Balaban J connectivity index is 0.000000250. The molecule has 0 saturated heterocycles. The lowest BCUT2D eigenvalue weighted by molar-refractivity contribution is -0.00000151. The van der Waals surface area contributed by atoms with Gasteiger partial charge in [0.2, 0.25) is 0 Å². The number of aromatic nitrogens is 1. The van der Waals surface area contributed by atoms with E-state index in [2.05, 4.69) is 9.40 Å². The maximum absolute atomic E-state index is 4.47. The Morgan fingerprint density at radius 3 is 2.50 bits per heavy atom. The van der Waals surface area contributed by atoms with Crippen molar-refractivity contribution in [2.75, 3.05) is 0 Å². The molecule has 3 heteroatoms. The number of hydrogen-bond donors (Lipinski definition) is 0. The third-order valence-electron chi connectivity index (χ3n) is 0.347. The van der Waals surface area contributed by atoms with Crippen LogP contribution in [0.15, 0.2) is 23.3 Å². The zero-order chi connectivity index (χ0) is 3.54. The molecule has 0 unspecified atom stereocenters. The van der Waals surface area contributed by atoms with Crippen molar-refractivity contribution in [3.05, 3.63) is 18.9 Å². The number of oxazole rings is 1. The highest BCUT2D eigenvalue weighted by molar-refractivity contribution is 4.56. The smallest absolute Gasteiger partial charge is 0.180 e. The molecule has 1 aromatic heterocycles. The predicted molar refractivity (Wildman–Crippen MR) is 16.5 cm³/mol. The fourth-order valence-electron chi connectivity index (χ4n) is 0.176. The lowest BCUT2D eigenvalue weighted by Gasteiger charge is -1.47. The van der Waals surface area contributed by atoms with Gasteiger partial charge < -0.3 is 21.4 Å². The van der Waals surface area contributed by atoms with Gasteiger partial charge in [-0.1, -0.05) is 0 Å². The standard InChI is InChI=1S/C3H3NO.BrH/c1-2-5-3-4-1;/h1-3H;1H/p-1. The van der Waals surface area contributed by atoms with E-state index in [1.165, 1.54) is 12.7 Å². The van der Waals surface area contributed by atoms with Gasteiger partial charge in [0, 0.05) is 0 Å². The van der Waals surface area contributed by atoms with Gasteiger partial charge >= 0.3 is 0 Å². The first kappa shape index (κ1) is 5.69. The molecule has 0 spiro atoms. The molecule has 0 fully saturated rings. The van der Waals surface area contributed by atoms with Crippen LogP contribution >= 0.6 is 0 Å². The van der Waals surface area contributed by atoms with Gasteiger partial charge in [0.05, 0.1) is 6.20 Å². The van der Waals surface area contributed by atoms with Crippen LogP contribution in [-0.2, 0) is 0 Å². The molecule has 0 bridgehead atoms. The Kier molecular flexibility index (Phi) is 2.75. The maximum atomic E-state index is 4.47. The summed E-state index contributed by atoms with van der Waals surface area (Å²) >= 11 is 0. The van der Waals surface area contributed by atoms with Gasteiger partial charge in [-0.15, -0.1) is 0 Å². The molecule has 0 aliphatic rings. The molecule has 6 heavy (non-hydrogen) atoms. The molecule has 1 rings (SSSR count). The third-order valence-corrected chi connectivity index (χ3v) is 0.347. The van der Waals surface area contributed by atoms with E-state index < -0.39 is 0 Å². The van der Waals surface area contributed by atoms with Crippen molar-refractivity contribution >= 4 is 0 Å². The molecule has 0 amide bonds. The largest absolute Gasteiger partial charge is 1.00 e. The van der Waals surface area contributed by atoms with Crippen molar-refractivity contribution in [2.24, 2.45) is 0 Å². The van der Waals surface area contributed by atoms with Crippen LogP contribution in [-0.4, -0.2) is 4.98 Å². The first-order valence-electron chi connectivity index (χ1n) is 1.32. The van der Waals surface area contributed by atoms with Gasteiger partial charge in [-0.3, -0.25) is 0 Å². The molecule has 1 heterocycles. The van der Waals surface area contributed by atoms with Crippen molar-refractivity contribution in [1.82, 2.24) is 4.98 Å². The predicted octanol–water partition coefficient (Wildman–Crippen LogP) is -2.32. The summed E-state index contributed by atoms with van der Waals surface area (Å²) in [7, 11) is 0. The minimum Gasteiger partial charge on any atom is -1.00 e. The van der Waals surface area contributed by atoms with Gasteiger partial charge in [-0.2, -0.15) is 0 Å². The summed E-state index contributed by atoms with van der Waals surface area (Å²) in [4.78, 5) is 3.56. The van der Waals surface area contributed by atoms with E-state index in [1.807, 2.05) is 0 Å². The second-order valence-corrected chi connectivity index (χ2v) is 0.676. The summed E-state index contributed by atoms with van der Waals surface area (Å²) in [5.74, 6) is 0. The van der Waals surface area contributed by atoms with Crippen molar-refractivity contribution in [3.8, 4) is 0 Å². The van der Waals surface area contributed by atoms with Gasteiger partial charge in [0.1, 0.15) is 6.26 Å². The zero-order valence-electron chi connectivity index (χ0n) is 2.97.